The Morgan fingerprint density at radius 2 is 1.48 bits per heavy atom. The summed E-state index contributed by atoms with van der Waals surface area (Å²) in [6.45, 7) is 4.18. The Labute approximate surface area is 237 Å². The molecule has 0 saturated heterocycles. The van der Waals surface area contributed by atoms with Gasteiger partial charge in [0.05, 0.1) is 40.7 Å². The average molecular weight is 549 g/mol. The monoisotopic (exact) mass is 548 g/mol. The number of carbonyl (C=O) groups excluding carboxylic acids is 1. The molecule has 214 valence electrons. The summed E-state index contributed by atoms with van der Waals surface area (Å²) in [5.41, 5.74) is 3.99. The molecule has 0 spiro atoms. The molecule has 2 amide bonds. The van der Waals surface area contributed by atoms with Crippen molar-refractivity contribution in [1.82, 2.24) is 10.2 Å². The van der Waals surface area contributed by atoms with Gasteiger partial charge in [0.2, 0.25) is 0 Å². The first-order valence-electron chi connectivity index (χ1n) is 13.6. The van der Waals surface area contributed by atoms with Gasteiger partial charge in [-0.25, -0.2) is 4.79 Å². The van der Waals surface area contributed by atoms with Gasteiger partial charge >= 0.3 is 6.03 Å². The number of rotatable bonds is 14. The Kier molecular flexibility index (Phi) is 10.3. The minimum Gasteiger partial charge on any atom is -0.493 e. The molecule has 4 rings (SSSR count). The van der Waals surface area contributed by atoms with Crippen molar-refractivity contribution in [3.63, 3.8) is 0 Å². The van der Waals surface area contributed by atoms with Gasteiger partial charge in [0.15, 0.2) is 23.0 Å². The molecule has 0 aliphatic carbocycles. The molecule has 0 fully saturated rings. The van der Waals surface area contributed by atoms with E-state index in [2.05, 4.69) is 10.6 Å². The van der Waals surface area contributed by atoms with E-state index in [1.165, 1.54) is 0 Å². The number of ether oxygens (including phenoxy) is 4. The molecule has 0 saturated carbocycles. The van der Waals surface area contributed by atoms with Crippen LogP contribution in [0.4, 0.5) is 16.2 Å². The first-order chi connectivity index (χ1) is 19.6. The Balaban J connectivity index is 1.33. The van der Waals surface area contributed by atoms with Gasteiger partial charge in [0.1, 0.15) is 0 Å². The maximum absolute atomic E-state index is 13.8. The number of carbonyl (C=O) groups is 1. The topological polar surface area (TPSA) is 84.5 Å². The molecule has 0 aromatic heterocycles. The predicted octanol–water partition coefficient (Wildman–Crippen LogP) is 4.80. The largest absolute Gasteiger partial charge is 0.493 e. The zero-order chi connectivity index (χ0) is 28.3. The minimum absolute atomic E-state index is 0.00458. The summed E-state index contributed by atoms with van der Waals surface area (Å²) in [5.74, 6) is 2.69. The van der Waals surface area contributed by atoms with Crippen LogP contribution in [0, 0.1) is 0 Å². The first kappa shape index (κ1) is 28.9. The summed E-state index contributed by atoms with van der Waals surface area (Å²) in [4.78, 5) is 17.6. The van der Waals surface area contributed by atoms with Crippen LogP contribution < -0.4 is 34.5 Å². The number of anilines is 2. The van der Waals surface area contributed by atoms with E-state index in [1.807, 2.05) is 70.5 Å². The van der Waals surface area contributed by atoms with Crippen LogP contribution in [0.5, 0.6) is 23.0 Å². The third-order valence-corrected chi connectivity index (χ3v) is 7.01. The summed E-state index contributed by atoms with van der Waals surface area (Å²) in [6.07, 6.45) is 1.60. The van der Waals surface area contributed by atoms with Crippen LogP contribution in [0.3, 0.4) is 0 Å². The summed E-state index contributed by atoms with van der Waals surface area (Å²) in [6, 6.07) is 19.8. The lowest BCUT2D eigenvalue weighted by Gasteiger charge is -2.29. The smallest absolute Gasteiger partial charge is 0.324 e. The van der Waals surface area contributed by atoms with E-state index >= 15 is 0 Å². The second kappa shape index (κ2) is 14.3. The van der Waals surface area contributed by atoms with Gasteiger partial charge in [0, 0.05) is 44.0 Å². The van der Waals surface area contributed by atoms with E-state index in [0.29, 0.717) is 42.6 Å². The van der Waals surface area contributed by atoms with Crippen LogP contribution in [0.1, 0.15) is 17.5 Å². The highest BCUT2D eigenvalue weighted by Gasteiger charge is 2.29. The lowest BCUT2D eigenvalue weighted by atomic mass is 10.1. The second-order valence-corrected chi connectivity index (χ2v) is 9.53. The van der Waals surface area contributed by atoms with Crippen LogP contribution in [-0.4, -0.2) is 72.1 Å². The molecule has 2 N–H and O–H groups in total. The van der Waals surface area contributed by atoms with Crippen LogP contribution in [0.2, 0.25) is 0 Å². The molecule has 0 radical (unpaired) electrons. The minimum atomic E-state index is 0.00458. The number of amides is 2. The number of methoxy groups -OCH3 is 4. The number of hydrogen-bond donors (Lipinski definition) is 2. The van der Waals surface area contributed by atoms with Gasteiger partial charge in [-0.3, -0.25) is 4.90 Å². The highest BCUT2D eigenvalue weighted by atomic mass is 16.5. The zero-order valence-corrected chi connectivity index (χ0v) is 23.9. The number of nitrogens with one attached hydrogen (secondary N) is 2. The maximum atomic E-state index is 13.8. The number of hydrogen-bond acceptors (Lipinski definition) is 7. The molecule has 0 bridgehead atoms. The fourth-order valence-corrected chi connectivity index (χ4v) is 4.87. The Hall–Kier alpha value is -4.11. The summed E-state index contributed by atoms with van der Waals surface area (Å²) < 4.78 is 21.8. The quantitative estimate of drug-likeness (QED) is 0.280. The standard InChI is InChI=1S/C31H40N4O5/c1-37-27-12-11-25(20-29(27)39-3)33-16-15-32-14-8-17-34-18-13-24-19-28(38-2)30(40-4)21-26(24)35(31(34)36)22-23-9-6-5-7-10-23/h5-7,9-12,19-21,32-33H,8,13-18,22H2,1-4H3. The molecule has 3 aromatic carbocycles. The average Bonchev–Trinajstić information content (AvgIpc) is 3.12. The number of benzene rings is 3. The van der Waals surface area contributed by atoms with Gasteiger partial charge in [-0.2, -0.15) is 0 Å². The molecule has 3 aromatic rings. The van der Waals surface area contributed by atoms with E-state index in [1.54, 1.807) is 28.4 Å². The Bertz CT molecular complexity index is 1250. The fraction of sp³-hybridized carbons (Fsp3) is 0.387. The van der Waals surface area contributed by atoms with Crippen LogP contribution >= 0.6 is 0 Å². The van der Waals surface area contributed by atoms with Crippen molar-refractivity contribution in [2.45, 2.75) is 19.4 Å². The molecule has 0 atom stereocenters. The predicted molar refractivity (Wildman–Crippen MR) is 158 cm³/mol. The molecule has 1 aliphatic rings. The van der Waals surface area contributed by atoms with Gasteiger partial charge in [-0.1, -0.05) is 30.3 Å². The van der Waals surface area contributed by atoms with Crippen LogP contribution in [0.15, 0.2) is 60.7 Å². The molecule has 9 nitrogen and oxygen atoms in total. The zero-order valence-electron chi connectivity index (χ0n) is 23.9. The second-order valence-electron chi connectivity index (χ2n) is 9.53. The molecule has 1 heterocycles. The maximum Gasteiger partial charge on any atom is 0.324 e. The van der Waals surface area contributed by atoms with E-state index in [-0.39, 0.29) is 6.03 Å². The van der Waals surface area contributed by atoms with Crippen molar-refractivity contribution in [1.29, 1.82) is 0 Å². The number of urea groups is 1. The SMILES string of the molecule is COc1ccc(NCCNCCCN2CCc3cc(OC)c(OC)cc3N(Cc3ccccc3)C2=O)cc1OC. The van der Waals surface area contributed by atoms with Gasteiger partial charge < -0.3 is 34.5 Å². The number of fused-ring (bicyclic) bond motifs is 1. The van der Waals surface area contributed by atoms with E-state index in [9.17, 15) is 4.79 Å². The summed E-state index contributed by atoms with van der Waals surface area (Å²) in [5, 5.41) is 6.87. The highest BCUT2D eigenvalue weighted by Crippen LogP contribution is 2.38. The van der Waals surface area contributed by atoms with Crippen molar-refractivity contribution < 1.29 is 23.7 Å². The van der Waals surface area contributed by atoms with E-state index < -0.39 is 0 Å². The van der Waals surface area contributed by atoms with Crippen molar-refractivity contribution in [2.75, 3.05) is 71.4 Å². The number of nitrogens with zero attached hydrogens (tertiary/aromatic N) is 2. The molecule has 0 unspecified atom stereocenters. The molecular weight excluding hydrogens is 508 g/mol. The highest BCUT2D eigenvalue weighted by molar-refractivity contribution is 5.94. The fourth-order valence-electron chi connectivity index (χ4n) is 4.87. The third kappa shape index (κ3) is 7.09. The molecular formula is C31H40N4O5. The van der Waals surface area contributed by atoms with Crippen molar-refractivity contribution in [2.24, 2.45) is 0 Å². The summed E-state index contributed by atoms with van der Waals surface area (Å²) in [7, 11) is 6.51. The molecule has 9 heteroatoms. The Morgan fingerprint density at radius 1 is 0.775 bits per heavy atom. The lowest BCUT2D eigenvalue weighted by Crippen LogP contribution is -2.43. The normalized spacial score (nSPS) is 12.9. The van der Waals surface area contributed by atoms with Gasteiger partial charge in [-0.15, -0.1) is 0 Å². The van der Waals surface area contributed by atoms with Crippen molar-refractivity contribution in [3.8, 4) is 23.0 Å². The van der Waals surface area contributed by atoms with E-state index in [0.717, 1.165) is 55.0 Å². The molecule has 40 heavy (non-hydrogen) atoms. The van der Waals surface area contributed by atoms with E-state index in [4.69, 9.17) is 18.9 Å². The van der Waals surface area contributed by atoms with Gasteiger partial charge in [-0.05, 0) is 48.7 Å². The van der Waals surface area contributed by atoms with Crippen molar-refractivity contribution >= 4 is 17.4 Å². The first-order valence-corrected chi connectivity index (χ1v) is 13.6. The summed E-state index contributed by atoms with van der Waals surface area (Å²) >= 11 is 0. The Morgan fingerprint density at radius 3 is 2.20 bits per heavy atom. The lowest BCUT2D eigenvalue weighted by molar-refractivity contribution is 0.205. The van der Waals surface area contributed by atoms with Crippen LogP contribution in [0.25, 0.3) is 0 Å². The molecule has 1 aliphatic heterocycles. The third-order valence-electron chi connectivity index (χ3n) is 7.01. The van der Waals surface area contributed by atoms with Crippen LogP contribution in [-0.2, 0) is 13.0 Å². The van der Waals surface area contributed by atoms with Gasteiger partial charge in [0.25, 0.3) is 0 Å². The van der Waals surface area contributed by atoms with Crippen molar-refractivity contribution in [3.05, 3.63) is 71.8 Å².